The Bertz CT molecular complexity index is 1390. The van der Waals surface area contributed by atoms with Crippen LogP contribution in [0, 0.1) is 5.82 Å². The molecule has 0 spiro atoms. The molecule has 2 aromatic carbocycles. The zero-order valence-corrected chi connectivity index (χ0v) is 19.6. The molecular weight excluding hydrogens is 451 g/mol. The van der Waals surface area contributed by atoms with Gasteiger partial charge in [-0.25, -0.2) is 9.37 Å². The molecule has 6 rings (SSSR count). The molecule has 2 aliphatic heterocycles. The average molecular weight is 478 g/mol. The first-order chi connectivity index (χ1) is 16.6. The zero-order chi connectivity index (χ0) is 23.1. The van der Waals surface area contributed by atoms with Crippen molar-refractivity contribution in [3.8, 4) is 16.6 Å². The highest BCUT2D eigenvalue weighted by molar-refractivity contribution is 7.11. The van der Waals surface area contributed by atoms with Crippen molar-refractivity contribution in [2.24, 2.45) is 0 Å². The maximum Gasteiger partial charge on any atom is 0.278 e. The number of benzene rings is 2. The van der Waals surface area contributed by atoms with E-state index in [0.29, 0.717) is 32.5 Å². The van der Waals surface area contributed by atoms with Crippen LogP contribution in [0.25, 0.3) is 16.5 Å². The lowest BCUT2D eigenvalue weighted by molar-refractivity contribution is 0.249. The second-order valence-corrected chi connectivity index (χ2v) is 9.97. The van der Waals surface area contributed by atoms with Crippen LogP contribution in [0.3, 0.4) is 0 Å². The second-order valence-electron chi connectivity index (χ2n) is 9.11. The molecule has 34 heavy (non-hydrogen) atoms. The lowest BCUT2D eigenvalue weighted by Crippen LogP contribution is -2.56. The first kappa shape index (κ1) is 21.5. The zero-order valence-electron chi connectivity index (χ0n) is 18.7. The lowest BCUT2D eigenvalue weighted by atomic mass is 10.1. The summed E-state index contributed by atoms with van der Waals surface area (Å²) >= 11 is 1.41. The smallest absolute Gasteiger partial charge is 0.278 e. The molecule has 0 amide bonds. The topological polar surface area (TPSA) is 56.1 Å². The SMILES string of the molecule is O=c1c2ccc(Oc3nccs3)cc2ccn1-c1ccc([N+]2([C@@H]3CCNC3)CCCC2)c(F)c1. The van der Waals surface area contributed by atoms with Crippen molar-refractivity contribution in [3.05, 3.63) is 76.4 Å². The quantitative estimate of drug-likeness (QED) is 0.418. The number of thiazole rings is 1. The summed E-state index contributed by atoms with van der Waals surface area (Å²) in [5, 5.41) is 7.16. The molecule has 4 heterocycles. The first-order valence-electron chi connectivity index (χ1n) is 11.7. The fourth-order valence-corrected chi connectivity index (χ4v) is 6.13. The van der Waals surface area contributed by atoms with Crippen molar-refractivity contribution in [2.75, 3.05) is 26.2 Å². The number of aromatic nitrogens is 2. The van der Waals surface area contributed by atoms with Crippen molar-refractivity contribution in [2.45, 2.75) is 25.3 Å². The Morgan fingerprint density at radius 1 is 1.15 bits per heavy atom. The van der Waals surface area contributed by atoms with Gasteiger partial charge >= 0.3 is 0 Å². The van der Waals surface area contributed by atoms with Gasteiger partial charge in [-0.2, -0.15) is 0 Å². The largest absolute Gasteiger partial charge is 0.431 e. The molecule has 8 heteroatoms. The molecule has 0 aliphatic carbocycles. The van der Waals surface area contributed by atoms with Crippen LogP contribution >= 0.6 is 11.3 Å². The molecule has 2 fully saturated rings. The third-order valence-electron chi connectivity index (χ3n) is 7.28. The van der Waals surface area contributed by atoms with Gasteiger partial charge in [0.25, 0.3) is 10.8 Å². The number of rotatable bonds is 5. The molecule has 1 atom stereocenters. The number of hydrogen-bond donors (Lipinski definition) is 1. The fourth-order valence-electron chi connectivity index (χ4n) is 5.62. The molecule has 174 valence electrons. The van der Waals surface area contributed by atoms with Crippen LogP contribution in [0.2, 0.25) is 0 Å². The normalized spacial score (nSPS) is 19.6. The minimum Gasteiger partial charge on any atom is -0.431 e. The predicted molar refractivity (Wildman–Crippen MR) is 134 cm³/mol. The number of hydrogen-bond acceptors (Lipinski definition) is 5. The van der Waals surface area contributed by atoms with Gasteiger partial charge in [-0.1, -0.05) is 11.3 Å². The summed E-state index contributed by atoms with van der Waals surface area (Å²) in [6, 6.07) is 12.9. The van der Waals surface area contributed by atoms with E-state index < -0.39 is 0 Å². The monoisotopic (exact) mass is 477 g/mol. The highest BCUT2D eigenvalue weighted by Crippen LogP contribution is 2.37. The van der Waals surface area contributed by atoms with Crippen LogP contribution in [0.1, 0.15) is 19.3 Å². The van der Waals surface area contributed by atoms with Crippen molar-refractivity contribution >= 4 is 27.8 Å². The van der Waals surface area contributed by atoms with E-state index in [1.807, 2.05) is 29.6 Å². The Kier molecular flexibility index (Phi) is 5.44. The first-order valence-corrected chi connectivity index (χ1v) is 12.6. The van der Waals surface area contributed by atoms with Gasteiger partial charge in [-0.15, -0.1) is 0 Å². The van der Waals surface area contributed by atoms with Crippen molar-refractivity contribution in [1.29, 1.82) is 0 Å². The minimum atomic E-state index is -0.231. The third-order valence-corrected chi connectivity index (χ3v) is 7.93. The fraction of sp³-hybridized carbons (Fsp3) is 0.308. The molecule has 0 unspecified atom stereocenters. The Labute approximate surface area is 200 Å². The number of likely N-dealkylation sites (tertiary alicyclic amines) is 1. The standard InChI is InChI=1S/C26H26FN4O2S/c27-23-16-19(3-6-24(23)31(12-1-2-13-31)20-7-9-28-17-20)30-11-8-18-15-21(4-5-22(18)25(30)32)33-26-29-10-14-34-26/h3-6,8,10-11,14-16,20,28H,1-2,7,9,12-13,17H2/q+1/t20-/m1/s1. The highest BCUT2D eigenvalue weighted by atomic mass is 32.1. The summed E-state index contributed by atoms with van der Waals surface area (Å²) in [5.74, 6) is 0.390. The van der Waals surface area contributed by atoms with Crippen molar-refractivity contribution in [3.63, 3.8) is 0 Å². The summed E-state index contributed by atoms with van der Waals surface area (Å²) in [6.45, 7) is 3.88. The Morgan fingerprint density at radius 3 is 2.76 bits per heavy atom. The van der Waals surface area contributed by atoms with E-state index in [9.17, 15) is 4.79 Å². The van der Waals surface area contributed by atoms with Crippen LogP contribution < -0.4 is 20.1 Å². The average Bonchev–Trinajstić information content (AvgIpc) is 3.62. The Morgan fingerprint density at radius 2 is 2.03 bits per heavy atom. The highest BCUT2D eigenvalue weighted by Gasteiger charge is 2.44. The maximum absolute atomic E-state index is 15.6. The summed E-state index contributed by atoms with van der Waals surface area (Å²) in [4.78, 5) is 17.4. The predicted octanol–water partition coefficient (Wildman–Crippen LogP) is 4.84. The van der Waals surface area contributed by atoms with Gasteiger partial charge in [0, 0.05) is 67.6 Å². The van der Waals surface area contributed by atoms with E-state index in [4.69, 9.17) is 4.74 Å². The van der Waals surface area contributed by atoms with Crippen LogP contribution in [0.4, 0.5) is 10.1 Å². The molecule has 2 aromatic heterocycles. The third kappa shape index (κ3) is 3.62. The number of ether oxygens (including phenoxy) is 1. The summed E-state index contributed by atoms with van der Waals surface area (Å²) < 4.78 is 23.6. The van der Waals surface area contributed by atoms with Crippen molar-refractivity contribution in [1.82, 2.24) is 19.4 Å². The summed E-state index contributed by atoms with van der Waals surface area (Å²) in [7, 11) is 0. The molecule has 2 aliphatic rings. The van der Waals surface area contributed by atoms with E-state index in [1.54, 1.807) is 24.5 Å². The summed E-state index contributed by atoms with van der Waals surface area (Å²) in [6.07, 6.45) is 6.70. The number of pyridine rings is 1. The van der Waals surface area contributed by atoms with Crippen LogP contribution in [0.15, 0.2) is 65.0 Å². The Balaban J connectivity index is 1.35. The molecule has 6 nitrogen and oxygen atoms in total. The van der Waals surface area contributed by atoms with Gasteiger partial charge in [0.2, 0.25) is 0 Å². The number of quaternary nitrogens is 1. The number of nitrogens with one attached hydrogen (secondary N) is 1. The summed E-state index contributed by atoms with van der Waals surface area (Å²) in [5.41, 5.74) is 1.11. The van der Waals surface area contributed by atoms with Crippen LogP contribution in [-0.2, 0) is 0 Å². The van der Waals surface area contributed by atoms with Gasteiger partial charge in [0.15, 0.2) is 11.5 Å². The van der Waals surface area contributed by atoms with Gasteiger partial charge in [-0.05, 0) is 35.7 Å². The molecular formula is C26H26FN4O2S+. The minimum absolute atomic E-state index is 0.185. The second kappa shape index (κ2) is 8.61. The van der Waals surface area contributed by atoms with Gasteiger partial charge in [0.1, 0.15) is 11.8 Å². The van der Waals surface area contributed by atoms with Crippen LogP contribution in [0.5, 0.6) is 10.9 Å². The maximum atomic E-state index is 15.6. The van der Waals surface area contributed by atoms with Crippen molar-refractivity contribution < 1.29 is 9.13 Å². The van der Waals surface area contributed by atoms with E-state index in [2.05, 4.69) is 10.3 Å². The number of halogens is 1. The number of nitrogens with zero attached hydrogens (tertiary/aromatic N) is 3. The molecule has 1 N–H and O–H groups in total. The molecule has 0 radical (unpaired) electrons. The number of fused-ring (bicyclic) bond motifs is 1. The molecule has 4 aromatic rings. The van der Waals surface area contributed by atoms with E-state index in [0.717, 1.165) is 56.5 Å². The van der Waals surface area contributed by atoms with Crippen LogP contribution in [-0.4, -0.2) is 41.8 Å². The van der Waals surface area contributed by atoms with E-state index in [-0.39, 0.29) is 11.4 Å². The Hall–Kier alpha value is -3.07. The molecule has 0 bridgehead atoms. The van der Waals surface area contributed by atoms with E-state index >= 15 is 4.39 Å². The molecule has 2 saturated heterocycles. The van der Waals surface area contributed by atoms with Gasteiger partial charge in [-0.3, -0.25) is 13.8 Å². The van der Waals surface area contributed by atoms with Gasteiger partial charge < -0.3 is 10.1 Å². The van der Waals surface area contributed by atoms with E-state index in [1.165, 1.54) is 22.0 Å². The lowest BCUT2D eigenvalue weighted by Gasteiger charge is -2.39. The van der Waals surface area contributed by atoms with Gasteiger partial charge in [0.05, 0.1) is 18.8 Å². The molecule has 0 saturated carbocycles.